The molecular formula is C19H29IN6. The Morgan fingerprint density at radius 2 is 1.85 bits per heavy atom. The second-order valence-electron chi connectivity index (χ2n) is 5.57. The van der Waals surface area contributed by atoms with E-state index in [9.17, 15) is 0 Å². The fraction of sp³-hybridized carbons (Fsp3) is 0.421. The van der Waals surface area contributed by atoms with Crippen LogP contribution in [0.4, 0.5) is 5.82 Å². The van der Waals surface area contributed by atoms with E-state index in [1.807, 2.05) is 24.4 Å². The lowest BCUT2D eigenvalue weighted by molar-refractivity contribution is 0.798. The van der Waals surface area contributed by atoms with Gasteiger partial charge in [0.05, 0.1) is 18.8 Å². The molecule has 0 fully saturated rings. The molecule has 0 unspecified atom stereocenters. The monoisotopic (exact) mass is 468 g/mol. The van der Waals surface area contributed by atoms with E-state index in [2.05, 4.69) is 63.4 Å². The number of hydrogen-bond donors (Lipinski definition) is 2. The largest absolute Gasteiger partial charge is 0.357 e. The first-order chi connectivity index (χ1) is 12.3. The van der Waals surface area contributed by atoms with E-state index in [4.69, 9.17) is 0 Å². The summed E-state index contributed by atoms with van der Waals surface area (Å²) in [4.78, 5) is 15.7. The molecule has 2 rings (SSSR count). The smallest absolute Gasteiger partial charge is 0.191 e. The minimum absolute atomic E-state index is 0. The summed E-state index contributed by atoms with van der Waals surface area (Å²) < 4.78 is 0. The molecule has 0 aliphatic carbocycles. The van der Waals surface area contributed by atoms with E-state index in [1.54, 1.807) is 6.20 Å². The minimum atomic E-state index is 0. The Balaban J connectivity index is 0.00000338. The third-order valence-electron chi connectivity index (χ3n) is 3.82. The number of nitrogens with zero attached hydrogens (tertiary/aromatic N) is 4. The predicted molar refractivity (Wildman–Crippen MR) is 119 cm³/mol. The molecule has 0 aliphatic rings. The van der Waals surface area contributed by atoms with Crippen molar-refractivity contribution in [1.82, 2.24) is 20.6 Å². The van der Waals surface area contributed by atoms with Crippen LogP contribution in [-0.2, 0) is 13.1 Å². The molecule has 2 heterocycles. The first-order valence-electron chi connectivity index (χ1n) is 8.88. The Kier molecular flexibility index (Phi) is 10.6. The molecule has 0 atom stereocenters. The molecule has 0 spiro atoms. The van der Waals surface area contributed by atoms with E-state index < -0.39 is 0 Å². The van der Waals surface area contributed by atoms with Crippen LogP contribution < -0.4 is 15.5 Å². The molecular weight excluding hydrogens is 439 g/mol. The highest BCUT2D eigenvalue weighted by molar-refractivity contribution is 14.0. The average Bonchev–Trinajstić information content (AvgIpc) is 2.67. The van der Waals surface area contributed by atoms with Crippen LogP contribution >= 0.6 is 24.0 Å². The zero-order valence-corrected chi connectivity index (χ0v) is 18.1. The zero-order valence-electron chi connectivity index (χ0n) is 15.8. The molecule has 26 heavy (non-hydrogen) atoms. The Morgan fingerprint density at radius 1 is 1.04 bits per heavy atom. The van der Waals surface area contributed by atoms with Crippen LogP contribution in [0.15, 0.2) is 47.7 Å². The van der Waals surface area contributed by atoms with Crippen LogP contribution in [0.5, 0.6) is 0 Å². The van der Waals surface area contributed by atoms with Gasteiger partial charge >= 0.3 is 0 Å². The Labute approximate surface area is 173 Å². The van der Waals surface area contributed by atoms with Crippen LogP contribution in [0.25, 0.3) is 0 Å². The lowest BCUT2D eigenvalue weighted by Gasteiger charge is -2.19. The summed E-state index contributed by atoms with van der Waals surface area (Å²) in [6.07, 6.45) is 3.70. The van der Waals surface area contributed by atoms with Gasteiger partial charge in [0.2, 0.25) is 0 Å². The van der Waals surface area contributed by atoms with Crippen molar-refractivity contribution < 1.29 is 0 Å². The van der Waals surface area contributed by atoms with Gasteiger partial charge in [0.15, 0.2) is 5.96 Å². The number of halogens is 1. The lowest BCUT2D eigenvalue weighted by atomic mass is 10.3. The van der Waals surface area contributed by atoms with Gasteiger partial charge in [0, 0.05) is 32.0 Å². The highest BCUT2D eigenvalue weighted by atomic mass is 127. The van der Waals surface area contributed by atoms with Crippen molar-refractivity contribution in [3.8, 4) is 0 Å². The minimum Gasteiger partial charge on any atom is -0.357 e. The fourth-order valence-electron chi connectivity index (χ4n) is 2.43. The van der Waals surface area contributed by atoms with Gasteiger partial charge in [-0.25, -0.2) is 9.98 Å². The van der Waals surface area contributed by atoms with Crippen molar-refractivity contribution in [2.75, 3.05) is 24.5 Å². The Morgan fingerprint density at radius 3 is 2.42 bits per heavy atom. The molecule has 6 nitrogen and oxygen atoms in total. The molecule has 142 valence electrons. The lowest BCUT2D eigenvalue weighted by Crippen LogP contribution is -2.37. The SMILES string of the molecule is CCNC(=NCc1ccc(N(CC)CC)nc1)NCc1ccccn1.I. The maximum absolute atomic E-state index is 4.63. The van der Waals surface area contributed by atoms with Crippen molar-refractivity contribution in [2.45, 2.75) is 33.9 Å². The van der Waals surface area contributed by atoms with E-state index in [1.165, 1.54) is 0 Å². The number of nitrogens with one attached hydrogen (secondary N) is 2. The second-order valence-corrected chi connectivity index (χ2v) is 5.57. The van der Waals surface area contributed by atoms with Crippen LogP contribution in [0.2, 0.25) is 0 Å². The summed E-state index contributed by atoms with van der Waals surface area (Å²) in [6, 6.07) is 10.0. The van der Waals surface area contributed by atoms with Crippen molar-refractivity contribution in [3.05, 3.63) is 54.0 Å². The third-order valence-corrected chi connectivity index (χ3v) is 3.82. The summed E-state index contributed by atoms with van der Waals surface area (Å²) >= 11 is 0. The maximum atomic E-state index is 4.63. The third kappa shape index (κ3) is 7.15. The molecule has 0 radical (unpaired) electrons. The number of anilines is 1. The molecule has 7 heteroatoms. The number of rotatable bonds is 8. The Bertz CT molecular complexity index is 641. The summed E-state index contributed by atoms with van der Waals surface area (Å²) in [5, 5.41) is 6.56. The number of aromatic nitrogens is 2. The number of guanidine groups is 1. The van der Waals surface area contributed by atoms with E-state index in [0.29, 0.717) is 13.1 Å². The van der Waals surface area contributed by atoms with Gasteiger partial charge < -0.3 is 15.5 Å². The number of hydrogen-bond acceptors (Lipinski definition) is 4. The fourth-order valence-corrected chi connectivity index (χ4v) is 2.43. The first kappa shape index (κ1) is 22.1. The van der Waals surface area contributed by atoms with E-state index >= 15 is 0 Å². The van der Waals surface area contributed by atoms with Crippen molar-refractivity contribution in [2.24, 2.45) is 4.99 Å². The van der Waals surface area contributed by atoms with Crippen LogP contribution in [0.3, 0.4) is 0 Å². The second kappa shape index (κ2) is 12.5. The average molecular weight is 468 g/mol. The zero-order chi connectivity index (χ0) is 17.9. The highest BCUT2D eigenvalue weighted by Crippen LogP contribution is 2.11. The van der Waals surface area contributed by atoms with Crippen LogP contribution in [0.1, 0.15) is 32.0 Å². The van der Waals surface area contributed by atoms with Gasteiger partial charge in [0.25, 0.3) is 0 Å². The van der Waals surface area contributed by atoms with Crippen LogP contribution in [-0.4, -0.2) is 35.6 Å². The predicted octanol–water partition coefficient (Wildman–Crippen LogP) is 3.20. The Hall–Kier alpha value is -1.90. The van der Waals surface area contributed by atoms with Gasteiger partial charge in [-0.15, -0.1) is 24.0 Å². The van der Waals surface area contributed by atoms with Gasteiger partial charge in [0.1, 0.15) is 5.82 Å². The van der Waals surface area contributed by atoms with Crippen LogP contribution in [0, 0.1) is 0 Å². The molecule has 0 saturated heterocycles. The van der Waals surface area contributed by atoms with Crippen molar-refractivity contribution in [3.63, 3.8) is 0 Å². The summed E-state index contributed by atoms with van der Waals surface area (Å²) in [5.74, 6) is 1.79. The summed E-state index contributed by atoms with van der Waals surface area (Å²) in [5.41, 5.74) is 2.07. The van der Waals surface area contributed by atoms with Crippen molar-refractivity contribution >= 4 is 35.8 Å². The molecule has 0 aliphatic heterocycles. The maximum Gasteiger partial charge on any atom is 0.191 e. The first-order valence-corrected chi connectivity index (χ1v) is 8.88. The van der Waals surface area contributed by atoms with E-state index in [0.717, 1.165) is 42.7 Å². The molecule has 0 aromatic carbocycles. The normalized spacial score (nSPS) is 10.8. The van der Waals surface area contributed by atoms with E-state index in [-0.39, 0.29) is 24.0 Å². The van der Waals surface area contributed by atoms with Gasteiger partial charge in [-0.3, -0.25) is 4.98 Å². The quantitative estimate of drug-likeness (QED) is 0.354. The molecule has 0 bridgehead atoms. The summed E-state index contributed by atoms with van der Waals surface area (Å²) in [7, 11) is 0. The van der Waals surface area contributed by atoms with Gasteiger partial charge in [-0.2, -0.15) is 0 Å². The van der Waals surface area contributed by atoms with Gasteiger partial charge in [-0.1, -0.05) is 12.1 Å². The molecule has 0 amide bonds. The number of pyridine rings is 2. The standard InChI is InChI=1S/C19H28N6.HI/c1-4-20-19(24-15-17-9-7-8-12-21-17)23-14-16-10-11-18(22-13-16)25(5-2)6-3;/h7-13H,4-6,14-15H2,1-3H3,(H2,20,23,24);1H. The molecule has 2 N–H and O–H groups in total. The molecule has 2 aromatic heterocycles. The molecule has 2 aromatic rings. The van der Waals surface area contributed by atoms with Gasteiger partial charge in [-0.05, 0) is 44.5 Å². The van der Waals surface area contributed by atoms with Crippen molar-refractivity contribution in [1.29, 1.82) is 0 Å². The molecule has 0 saturated carbocycles. The summed E-state index contributed by atoms with van der Waals surface area (Å²) in [6.45, 7) is 10.3. The topological polar surface area (TPSA) is 65.4 Å². The highest BCUT2D eigenvalue weighted by Gasteiger charge is 2.03. The number of aliphatic imine (C=N–C) groups is 1.